The molecule has 2 unspecified atom stereocenters. The molecule has 0 aliphatic heterocycles. The lowest BCUT2D eigenvalue weighted by Gasteiger charge is -2.29. The number of nitrogens with one attached hydrogen (secondary N) is 1. The second-order valence-electron chi connectivity index (χ2n) is 6.97. The highest BCUT2D eigenvalue weighted by Crippen LogP contribution is 2.17. The molecule has 2 aromatic rings. The minimum absolute atomic E-state index is 0.0502. The number of methoxy groups -OCH3 is 1. The van der Waals surface area contributed by atoms with Crippen LogP contribution in [-0.2, 0) is 16.1 Å². The third kappa shape index (κ3) is 6.82. The van der Waals surface area contributed by atoms with Gasteiger partial charge in [0.15, 0.2) is 6.61 Å². The Hall–Kier alpha value is -3.02. The van der Waals surface area contributed by atoms with Crippen molar-refractivity contribution >= 4 is 11.8 Å². The van der Waals surface area contributed by atoms with E-state index in [-0.39, 0.29) is 24.5 Å². The van der Waals surface area contributed by atoms with Crippen LogP contribution in [0.3, 0.4) is 0 Å². The molecule has 0 radical (unpaired) electrons. The van der Waals surface area contributed by atoms with Crippen molar-refractivity contribution in [2.75, 3.05) is 13.7 Å². The van der Waals surface area contributed by atoms with Crippen molar-refractivity contribution in [2.45, 2.75) is 45.8 Å². The molecule has 156 valence electrons. The predicted octanol–water partition coefficient (Wildman–Crippen LogP) is 3.41. The van der Waals surface area contributed by atoms with Gasteiger partial charge in [0.25, 0.3) is 5.91 Å². The fourth-order valence-electron chi connectivity index (χ4n) is 2.73. The lowest BCUT2D eigenvalue weighted by atomic mass is 10.1. The fraction of sp³-hybridized carbons (Fsp3) is 0.391. The summed E-state index contributed by atoms with van der Waals surface area (Å²) in [7, 11) is 1.59. The summed E-state index contributed by atoms with van der Waals surface area (Å²) >= 11 is 0. The SMILES string of the molecule is CCC(C)NC(=O)C(C)N(Cc1ccccc1)C(=O)COc1ccc(OC)cc1. The second kappa shape index (κ2) is 11.1. The van der Waals surface area contributed by atoms with Crippen molar-refractivity contribution in [3.8, 4) is 11.5 Å². The molecule has 1 N–H and O–H groups in total. The number of ether oxygens (including phenoxy) is 2. The number of carbonyl (C=O) groups is 2. The molecule has 0 fully saturated rings. The van der Waals surface area contributed by atoms with Crippen molar-refractivity contribution < 1.29 is 19.1 Å². The number of carbonyl (C=O) groups excluding carboxylic acids is 2. The Morgan fingerprint density at radius 3 is 2.21 bits per heavy atom. The highest BCUT2D eigenvalue weighted by molar-refractivity contribution is 5.88. The standard InChI is InChI=1S/C23H30N2O4/c1-5-17(2)24-23(27)18(3)25(15-19-9-7-6-8-10-19)22(26)16-29-21-13-11-20(28-4)12-14-21/h6-14,17-18H,5,15-16H2,1-4H3,(H,24,27). The van der Waals surface area contributed by atoms with Gasteiger partial charge in [-0.25, -0.2) is 0 Å². The maximum Gasteiger partial charge on any atom is 0.261 e. The third-order valence-electron chi connectivity index (χ3n) is 4.79. The van der Waals surface area contributed by atoms with Gasteiger partial charge in [-0.3, -0.25) is 9.59 Å². The first kappa shape index (κ1) is 22.3. The number of amides is 2. The zero-order valence-corrected chi connectivity index (χ0v) is 17.6. The van der Waals surface area contributed by atoms with E-state index in [0.29, 0.717) is 18.0 Å². The third-order valence-corrected chi connectivity index (χ3v) is 4.79. The number of benzene rings is 2. The van der Waals surface area contributed by atoms with E-state index >= 15 is 0 Å². The molecule has 29 heavy (non-hydrogen) atoms. The number of hydrogen-bond acceptors (Lipinski definition) is 4. The Morgan fingerprint density at radius 1 is 1.00 bits per heavy atom. The smallest absolute Gasteiger partial charge is 0.261 e. The second-order valence-corrected chi connectivity index (χ2v) is 6.97. The fourth-order valence-corrected chi connectivity index (χ4v) is 2.73. The van der Waals surface area contributed by atoms with Crippen molar-refractivity contribution in [3.05, 3.63) is 60.2 Å². The van der Waals surface area contributed by atoms with Crippen LogP contribution in [0.25, 0.3) is 0 Å². The first-order chi connectivity index (χ1) is 13.9. The molecule has 0 heterocycles. The topological polar surface area (TPSA) is 67.9 Å². The van der Waals surface area contributed by atoms with Crippen LogP contribution in [0.2, 0.25) is 0 Å². The average molecular weight is 399 g/mol. The van der Waals surface area contributed by atoms with E-state index < -0.39 is 6.04 Å². The zero-order chi connectivity index (χ0) is 21.2. The molecule has 0 saturated carbocycles. The first-order valence-corrected chi connectivity index (χ1v) is 9.85. The van der Waals surface area contributed by atoms with E-state index in [0.717, 1.165) is 12.0 Å². The molecule has 0 aromatic heterocycles. The van der Waals surface area contributed by atoms with E-state index in [1.807, 2.05) is 44.2 Å². The van der Waals surface area contributed by atoms with Crippen molar-refractivity contribution in [3.63, 3.8) is 0 Å². The largest absolute Gasteiger partial charge is 0.497 e. The summed E-state index contributed by atoms with van der Waals surface area (Å²) in [5.74, 6) is 0.852. The highest BCUT2D eigenvalue weighted by Gasteiger charge is 2.27. The zero-order valence-electron chi connectivity index (χ0n) is 17.6. The van der Waals surface area contributed by atoms with Gasteiger partial charge in [-0.15, -0.1) is 0 Å². The monoisotopic (exact) mass is 398 g/mol. The lowest BCUT2D eigenvalue weighted by molar-refractivity contribution is -0.142. The van der Waals surface area contributed by atoms with Crippen LogP contribution in [0, 0.1) is 0 Å². The normalized spacial score (nSPS) is 12.6. The van der Waals surface area contributed by atoms with Crippen LogP contribution >= 0.6 is 0 Å². The van der Waals surface area contributed by atoms with Crippen molar-refractivity contribution in [1.29, 1.82) is 0 Å². The molecule has 0 spiro atoms. The molecule has 2 atom stereocenters. The summed E-state index contributed by atoms with van der Waals surface area (Å²) in [6, 6.07) is 16.1. The summed E-state index contributed by atoms with van der Waals surface area (Å²) in [6.45, 7) is 5.87. The Balaban J connectivity index is 2.09. The van der Waals surface area contributed by atoms with Gasteiger partial charge >= 0.3 is 0 Å². The van der Waals surface area contributed by atoms with Gasteiger partial charge in [-0.05, 0) is 50.1 Å². The molecule has 2 aromatic carbocycles. The Bertz CT molecular complexity index is 777. The summed E-state index contributed by atoms with van der Waals surface area (Å²) < 4.78 is 10.8. The van der Waals surface area contributed by atoms with Gasteiger partial charge in [0.2, 0.25) is 5.91 Å². The van der Waals surface area contributed by atoms with Gasteiger partial charge in [0, 0.05) is 12.6 Å². The van der Waals surface area contributed by atoms with E-state index in [4.69, 9.17) is 9.47 Å². The molecule has 0 aliphatic carbocycles. The molecule has 0 aliphatic rings. The van der Waals surface area contributed by atoms with Crippen LogP contribution < -0.4 is 14.8 Å². The number of nitrogens with zero attached hydrogens (tertiary/aromatic N) is 1. The van der Waals surface area contributed by atoms with Gasteiger partial charge in [-0.2, -0.15) is 0 Å². The molecular formula is C23H30N2O4. The van der Waals surface area contributed by atoms with Crippen molar-refractivity contribution in [2.24, 2.45) is 0 Å². The molecule has 0 saturated heterocycles. The van der Waals surface area contributed by atoms with Crippen LogP contribution in [0.15, 0.2) is 54.6 Å². The van der Waals surface area contributed by atoms with Crippen LogP contribution in [0.1, 0.15) is 32.8 Å². The van der Waals surface area contributed by atoms with Gasteiger partial charge in [0.1, 0.15) is 17.5 Å². The lowest BCUT2D eigenvalue weighted by Crippen LogP contribution is -2.50. The van der Waals surface area contributed by atoms with E-state index in [2.05, 4.69) is 5.32 Å². The summed E-state index contributed by atoms with van der Waals surface area (Å²) in [5, 5.41) is 2.95. The van der Waals surface area contributed by atoms with Gasteiger partial charge in [0.05, 0.1) is 7.11 Å². The maximum atomic E-state index is 12.9. The van der Waals surface area contributed by atoms with Gasteiger partial charge < -0.3 is 19.7 Å². The Morgan fingerprint density at radius 2 is 1.62 bits per heavy atom. The quantitative estimate of drug-likeness (QED) is 0.666. The van der Waals surface area contributed by atoms with Gasteiger partial charge in [-0.1, -0.05) is 37.3 Å². The molecule has 6 nitrogen and oxygen atoms in total. The van der Waals surface area contributed by atoms with E-state index in [9.17, 15) is 9.59 Å². The Labute approximate surface area is 172 Å². The average Bonchev–Trinajstić information content (AvgIpc) is 2.76. The summed E-state index contributed by atoms with van der Waals surface area (Å²) in [5.41, 5.74) is 0.952. The highest BCUT2D eigenvalue weighted by atomic mass is 16.5. The molecular weight excluding hydrogens is 368 g/mol. The molecule has 2 amide bonds. The first-order valence-electron chi connectivity index (χ1n) is 9.85. The molecule has 6 heteroatoms. The van der Waals surface area contributed by atoms with E-state index in [1.54, 1.807) is 43.2 Å². The van der Waals surface area contributed by atoms with E-state index in [1.165, 1.54) is 0 Å². The minimum atomic E-state index is -0.615. The Kier molecular flexibility index (Phi) is 8.52. The maximum absolute atomic E-state index is 12.9. The molecule has 2 rings (SSSR count). The van der Waals surface area contributed by atoms with Crippen LogP contribution in [-0.4, -0.2) is 42.5 Å². The number of rotatable bonds is 10. The van der Waals surface area contributed by atoms with Crippen molar-refractivity contribution in [1.82, 2.24) is 10.2 Å². The predicted molar refractivity (Wildman–Crippen MR) is 113 cm³/mol. The summed E-state index contributed by atoms with van der Waals surface area (Å²) in [4.78, 5) is 27.1. The summed E-state index contributed by atoms with van der Waals surface area (Å²) in [6.07, 6.45) is 0.825. The molecule has 0 bridgehead atoms. The van der Waals surface area contributed by atoms with Crippen LogP contribution in [0.5, 0.6) is 11.5 Å². The minimum Gasteiger partial charge on any atom is -0.497 e. The number of hydrogen-bond donors (Lipinski definition) is 1. The van der Waals surface area contributed by atoms with Crippen LogP contribution in [0.4, 0.5) is 0 Å².